The van der Waals surface area contributed by atoms with Crippen LogP contribution in [-0.2, 0) is 13.0 Å². The van der Waals surface area contributed by atoms with Crippen molar-refractivity contribution in [1.29, 1.82) is 0 Å². The van der Waals surface area contributed by atoms with Gasteiger partial charge in [0.1, 0.15) is 16.8 Å². The third-order valence-electron chi connectivity index (χ3n) is 3.58. The first-order valence-electron chi connectivity index (χ1n) is 6.97. The molecule has 0 saturated carbocycles. The Kier molecular flexibility index (Phi) is 3.25. The summed E-state index contributed by atoms with van der Waals surface area (Å²) in [6.07, 6.45) is 2.30. The molecule has 0 amide bonds. The van der Waals surface area contributed by atoms with Gasteiger partial charge in [0.05, 0.1) is 0 Å². The van der Waals surface area contributed by atoms with Crippen LogP contribution in [0, 0.1) is 0 Å². The smallest absolute Gasteiger partial charge is 0.339 e. The van der Waals surface area contributed by atoms with Gasteiger partial charge in [-0.25, -0.2) is 4.79 Å². The predicted octanol–water partition coefficient (Wildman–Crippen LogP) is 3.58. The summed E-state index contributed by atoms with van der Waals surface area (Å²) < 4.78 is 7.50. The predicted molar refractivity (Wildman–Crippen MR) is 79.4 cm³/mol. The van der Waals surface area contributed by atoms with Gasteiger partial charge in [0.15, 0.2) is 5.76 Å². The van der Waals surface area contributed by atoms with Gasteiger partial charge in [-0.15, -0.1) is 0 Å². The number of fused-ring (bicyclic) bond motifs is 1. The van der Waals surface area contributed by atoms with Crippen molar-refractivity contribution in [2.75, 3.05) is 0 Å². The van der Waals surface area contributed by atoms with Crippen LogP contribution in [0.2, 0.25) is 0 Å². The van der Waals surface area contributed by atoms with Gasteiger partial charge in [-0.1, -0.05) is 25.1 Å². The molecule has 0 radical (unpaired) electrons. The van der Waals surface area contributed by atoms with Gasteiger partial charge in [0, 0.05) is 23.7 Å². The van der Waals surface area contributed by atoms with Gasteiger partial charge in [-0.2, -0.15) is 5.10 Å². The second-order valence-corrected chi connectivity index (χ2v) is 4.81. The second kappa shape index (κ2) is 5.09. The lowest BCUT2D eigenvalue weighted by Crippen LogP contribution is -1.97. The monoisotopic (exact) mass is 284 g/mol. The fourth-order valence-corrected chi connectivity index (χ4v) is 2.55. The number of nitrogens with zero attached hydrogens (tertiary/aromatic N) is 2. The molecule has 2 heterocycles. The Balaban J connectivity index is 2.29. The molecule has 0 saturated heterocycles. The van der Waals surface area contributed by atoms with E-state index in [0.717, 1.165) is 23.0 Å². The normalized spacial score (nSPS) is 11.1. The molecule has 1 N–H and O–H groups in total. The first-order chi connectivity index (χ1) is 10.2. The standard InChI is InChI=1S/C16H16N2O3/c1-3-10-11-7-5-6-8-13(11)21-15(10)14-12(16(19)20)9-18(4-2)17-14/h5-9H,3-4H2,1-2H3,(H,19,20). The summed E-state index contributed by atoms with van der Waals surface area (Å²) in [6.45, 7) is 4.56. The van der Waals surface area contributed by atoms with Crippen LogP contribution in [0.1, 0.15) is 29.8 Å². The lowest BCUT2D eigenvalue weighted by molar-refractivity contribution is 0.0697. The summed E-state index contributed by atoms with van der Waals surface area (Å²) in [5.74, 6) is -0.435. The number of carbonyl (C=O) groups is 1. The third-order valence-corrected chi connectivity index (χ3v) is 3.58. The lowest BCUT2D eigenvalue weighted by atomic mass is 10.1. The molecule has 0 atom stereocenters. The zero-order chi connectivity index (χ0) is 15.0. The molecule has 108 valence electrons. The fraction of sp³-hybridized carbons (Fsp3) is 0.250. The Morgan fingerprint density at radius 2 is 2.10 bits per heavy atom. The van der Waals surface area contributed by atoms with Crippen molar-refractivity contribution in [2.24, 2.45) is 0 Å². The van der Waals surface area contributed by atoms with Crippen molar-refractivity contribution in [2.45, 2.75) is 26.8 Å². The molecular formula is C16H16N2O3. The van der Waals surface area contributed by atoms with E-state index in [9.17, 15) is 9.90 Å². The van der Waals surface area contributed by atoms with Crippen molar-refractivity contribution >= 4 is 16.9 Å². The third kappa shape index (κ3) is 2.11. The number of para-hydroxylation sites is 1. The van der Waals surface area contributed by atoms with Crippen molar-refractivity contribution in [3.63, 3.8) is 0 Å². The van der Waals surface area contributed by atoms with Gasteiger partial charge in [-0.05, 0) is 19.4 Å². The van der Waals surface area contributed by atoms with Crippen molar-refractivity contribution in [3.05, 3.63) is 41.6 Å². The maximum atomic E-state index is 11.4. The Hall–Kier alpha value is -2.56. The molecule has 0 aliphatic rings. The van der Waals surface area contributed by atoms with E-state index in [1.54, 1.807) is 10.9 Å². The Morgan fingerprint density at radius 1 is 1.33 bits per heavy atom. The summed E-state index contributed by atoms with van der Waals surface area (Å²) in [5.41, 5.74) is 2.32. The minimum Gasteiger partial charge on any atom is -0.478 e. The average molecular weight is 284 g/mol. The molecule has 0 spiro atoms. The summed E-state index contributed by atoms with van der Waals surface area (Å²) in [4.78, 5) is 11.4. The zero-order valence-electron chi connectivity index (χ0n) is 12.0. The lowest BCUT2D eigenvalue weighted by Gasteiger charge is -1.98. The van der Waals surface area contributed by atoms with Gasteiger partial charge in [0.25, 0.3) is 0 Å². The van der Waals surface area contributed by atoms with E-state index in [1.165, 1.54) is 0 Å². The van der Waals surface area contributed by atoms with Crippen molar-refractivity contribution < 1.29 is 14.3 Å². The average Bonchev–Trinajstić information content (AvgIpc) is 3.07. The number of carboxylic acid groups (broad SMARTS) is 1. The van der Waals surface area contributed by atoms with Crippen molar-refractivity contribution in [1.82, 2.24) is 9.78 Å². The topological polar surface area (TPSA) is 68.3 Å². The molecule has 0 aliphatic carbocycles. The van der Waals surface area contributed by atoms with Crippen LogP contribution < -0.4 is 0 Å². The van der Waals surface area contributed by atoms with Crippen LogP contribution in [0.3, 0.4) is 0 Å². The van der Waals surface area contributed by atoms with Gasteiger partial charge < -0.3 is 9.52 Å². The van der Waals surface area contributed by atoms with E-state index in [-0.39, 0.29) is 5.56 Å². The molecule has 2 aromatic heterocycles. The van der Waals surface area contributed by atoms with E-state index in [4.69, 9.17) is 4.42 Å². The summed E-state index contributed by atoms with van der Waals surface area (Å²) in [6, 6.07) is 7.72. The highest BCUT2D eigenvalue weighted by Gasteiger charge is 2.23. The molecule has 0 aliphatic heterocycles. The van der Waals surface area contributed by atoms with E-state index in [2.05, 4.69) is 5.10 Å². The molecule has 1 aromatic carbocycles. The first-order valence-corrected chi connectivity index (χ1v) is 6.97. The van der Waals surface area contributed by atoms with Crippen LogP contribution in [0.25, 0.3) is 22.4 Å². The molecular weight excluding hydrogens is 268 g/mol. The van der Waals surface area contributed by atoms with E-state index in [1.807, 2.05) is 38.1 Å². The molecule has 0 fully saturated rings. The number of aromatic carboxylic acids is 1. The maximum absolute atomic E-state index is 11.4. The zero-order valence-corrected chi connectivity index (χ0v) is 12.0. The number of hydrogen-bond acceptors (Lipinski definition) is 3. The van der Waals surface area contributed by atoms with Crippen LogP contribution in [0.15, 0.2) is 34.9 Å². The summed E-state index contributed by atoms with van der Waals surface area (Å²) in [5, 5.41) is 14.8. The van der Waals surface area contributed by atoms with Gasteiger partial charge in [-0.3, -0.25) is 4.68 Å². The van der Waals surface area contributed by atoms with Gasteiger partial charge >= 0.3 is 5.97 Å². The SMILES string of the molecule is CCc1c(-c2nn(CC)cc2C(=O)O)oc2ccccc12. The number of carboxylic acids is 1. The Morgan fingerprint density at radius 3 is 2.76 bits per heavy atom. The number of rotatable bonds is 4. The quantitative estimate of drug-likeness (QED) is 0.795. The first kappa shape index (κ1) is 13.4. The second-order valence-electron chi connectivity index (χ2n) is 4.81. The molecule has 0 unspecified atom stereocenters. The highest BCUT2D eigenvalue weighted by atomic mass is 16.4. The van der Waals surface area contributed by atoms with E-state index < -0.39 is 5.97 Å². The number of aryl methyl sites for hydroxylation is 2. The molecule has 3 aromatic rings. The summed E-state index contributed by atoms with van der Waals surface area (Å²) >= 11 is 0. The molecule has 21 heavy (non-hydrogen) atoms. The number of benzene rings is 1. The Bertz CT molecular complexity index is 814. The highest BCUT2D eigenvalue weighted by Crippen LogP contribution is 2.34. The van der Waals surface area contributed by atoms with Crippen LogP contribution in [0.4, 0.5) is 0 Å². The van der Waals surface area contributed by atoms with E-state index >= 15 is 0 Å². The van der Waals surface area contributed by atoms with Crippen LogP contribution in [-0.4, -0.2) is 20.9 Å². The van der Waals surface area contributed by atoms with Crippen molar-refractivity contribution in [3.8, 4) is 11.5 Å². The maximum Gasteiger partial charge on any atom is 0.339 e. The molecule has 5 nitrogen and oxygen atoms in total. The minimum absolute atomic E-state index is 0.172. The highest BCUT2D eigenvalue weighted by molar-refractivity contribution is 5.96. The Labute approximate surface area is 121 Å². The van der Waals surface area contributed by atoms with Crippen LogP contribution in [0.5, 0.6) is 0 Å². The number of hydrogen-bond donors (Lipinski definition) is 1. The fourth-order valence-electron chi connectivity index (χ4n) is 2.55. The van der Waals surface area contributed by atoms with E-state index in [0.29, 0.717) is 18.0 Å². The molecule has 0 bridgehead atoms. The number of furan rings is 1. The molecule has 3 rings (SSSR count). The number of aromatic nitrogens is 2. The summed E-state index contributed by atoms with van der Waals surface area (Å²) in [7, 11) is 0. The van der Waals surface area contributed by atoms with Gasteiger partial charge in [0.2, 0.25) is 0 Å². The largest absolute Gasteiger partial charge is 0.478 e. The molecule has 5 heteroatoms. The minimum atomic E-state index is -0.993. The van der Waals surface area contributed by atoms with Crippen LogP contribution >= 0.6 is 0 Å².